The zero-order chi connectivity index (χ0) is 22.1. The molecular weight excluding hydrogens is 434 g/mol. The van der Waals surface area contributed by atoms with Gasteiger partial charge in [0.25, 0.3) is 0 Å². The first kappa shape index (κ1) is 20.9. The van der Waals surface area contributed by atoms with Gasteiger partial charge in [-0.3, -0.25) is 0 Å². The summed E-state index contributed by atoms with van der Waals surface area (Å²) in [6, 6.07) is 8.21. The second kappa shape index (κ2) is 8.88. The SMILES string of the molecule is Fc1ccc(F)c(CN2CCNc3ncc(-c4ccnc(N5CCNCC5)c4)cc32)c1Cl. The van der Waals surface area contributed by atoms with Gasteiger partial charge in [-0.1, -0.05) is 11.6 Å². The molecule has 0 amide bonds. The molecule has 0 radical (unpaired) electrons. The lowest BCUT2D eigenvalue weighted by molar-refractivity contribution is 0.581. The molecule has 4 heterocycles. The standard InChI is InChI=1S/C23H23ClF2N6/c24-22-17(18(25)1-2-19(22)26)14-32-10-7-29-23-20(32)11-16(13-30-23)15-3-4-28-21(12-15)31-8-5-27-6-9-31/h1-4,11-13,27H,5-10,14H2,(H,29,30). The van der Waals surface area contributed by atoms with Crippen molar-refractivity contribution in [2.75, 3.05) is 54.4 Å². The Labute approximate surface area is 190 Å². The molecule has 5 rings (SSSR count). The van der Waals surface area contributed by atoms with E-state index in [4.69, 9.17) is 11.6 Å². The molecule has 6 nitrogen and oxygen atoms in total. The highest BCUT2D eigenvalue weighted by molar-refractivity contribution is 6.31. The molecule has 0 atom stereocenters. The number of rotatable bonds is 4. The number of hydrogen-bond donors (Lipinski definition) is 2. The number of piperazine rings is 1. The number of pyridine rings is 2. The van der Waals surface area contributed by atoms with Crippen molar-refractivity contribution in [2.45, 2.75) is 6.54 Å². The minimum Gasteiger partial charge on any atom is -0.367 e. The van der Waals surface area contributed by atoms with Gasteiger partial charge in [-0.2, -0.15) is 0 Å². The van der Waals surface area contributed by atoms with Crippen LogP contribution < -0.4 is 20.4 Å². The molecule has 32 heavy (non-hydrogen) atoms. The second-order valence-corrected chi connectivity index (χ2v) is 8.28. The lowest BCUT2D eigenvalue weighted by atomic mass is 10.1. The van der Waals surface area contributed by atoms with Crippen LogP contribution in [0.5, 0.6) is 0 Å². The van der Waals surface area contributed by atoms with Gasteiger partial charge >= 0.3 is 0 Å². The lowest BCUT2D eigenvalue weighted by Gasteiger charge is -2.32. The van der Waals surface area contributed by atoms with E-state index in [1.807, 2.05) is 29.4 Å². The van der Waals surface area contributed by atoms with E-state index in [0.717, 1.165) is 60.9 Å². The van der Waals surface area contributed by atoms with Crippen molar-refractivity contribution in [3.05, 3.63) is 64.9 Å². The third kappa shape index (κ3) is 4.08. The van der Waals surface area contributed by atoms with E-state index >= 15 is 0 Å². The Morgan fingerprint density at radius 1 is 0.938 bits per heavy atom. The topological polar surface area (TPSA) is 56.3 Å². The first-order valence-electron chi connectivity index (χ1n) is 10.6. The van der Waals surface area contributed by atoms with Gasteiger partial charge in [0.2, 0.25) is 0 Å². The summed E-state index contributed by atoms with van der Waals surface area (Å²) < 4.78 is 28.3. The molecule has 0 spiro atoms. The number of benzene rings is 1. The van der Waals surface area contributed by atoms with Gasteiger partial charge in [-0.05, 0) is 35.9 Å². The lowest BCUT2D eigenvalue weighted by Crippen LogP contribution is -2.43. The molecule has 0 aliphatic carbocycles. The molecule has 2 N–H and O–H groups in total. The summed E-state index contributed by atoms with van der Waals surface area (Å²) in [4.78, 5) is 13.4. The van der Waals surface area contributed by atoms with Gasteiger partial charge in [-0.15, -0.1) is 0 Å². The van der Waals surface area contributed by atoms with Gasteiger partial charge < -0.3 is 20.4 Å². The quantitative estimate of drug-likeness (QED) is 0.580. The van der Waals surface area contributed by atoms with Crippen molar-refractivity contribution in [2.24, 2.45) is 0 Å². The predicted molar refractivity (Wildman–Crippen MR) is 123 cm³/mol. The number of nitrogens with one attached hydrogen (secondary N) is 2. The van der Waals surface area contributed by atoms with Crippen LogP contribution in [0.2, 0.25) is 5.02 Å². The van der Waals surface area contributed by atoms with E-state index in [1.165, 1.54) is 0 Å². The zero-order valence-corrected chi connectivity index (χ0v) is 18.2. The van der Waals surface area contributed by atoms with E-state index in [0.29, 0.717) is 18.9 Å². The van der Waals surface area contributed by atoms with Crippen LogP contribution in [-0.4, -0.2) is 49.2 Å². The summed E-state index contributed by atoms with van der Waals surface area (Å²) >= 11 is 6.07. The first-order valence-corrected chi connectivity index (χ1v) is 11.0. The minimum absolute atomic E-state index is 0.148. The van der Waals surface area contributed by atoms with E-state index in [1.54, 1.807) is 0 Å². The molecule has 0 saturated carbocycles. The van der Waals surface area contributed by atoms with Crippen molar-refractivity contribution >= 4 is 28.9 Å². The second-order valence-electron chi connectivity index (χ2n) is 7.90. The van der Waals surface area contributed by atoms with Crippen LogP contribution in [0.4, 0.5) is 26.1 Å². The first-order chi connectivity index (χ1) is 15.6. The molecule has 2 aliphatic rings. The van der Waals surface area contributed by atoms with Gasteiger partial charge in [0, 0.05) is 69.3 Å². The van der Waals surface area contributed by atoms with Crippen molar-refractivity contribution in [3.8, 4) is 11.1 Å². The Morgan fingerprint density at radius 3 is 2.59 bits per heavy atom. The molecule has 2 aromatic heterocycles. The summed E-state index contributed by atoms with van der Waals surface area (Å²) in [7, 11) is 0. The third-order valence-electron chi connectivity index (χ3n) is 5.89. The van der Waals surface area contributed by atoms with Gasteiger partial charge in [0.15, 0.2) is 0 Å². The average Bonchev–Trinajstić information content (AvgIpc) is 2.84. The molecule has 1 aromatic carbocycles. The Kier molecular flexibility index (Phi) is 5.80. The Morgan fingerprint density at radius 2 is 1.75 bits per heavy atom. The summed E-state index contributed by atoms with van der Waals surface area (Å²) in [5, 5.41) is 6.45. The summed E-state index contributed by atoms with van der Waals surface area (Å²) in [5.74, 6) is 0.507. The number of fused-ring (bicyclic) bond motifs is 1. The van der Waals surface area contributed by atoms with E-state index in [2.05, 4.69) is 31.6 Å². The molecule has 0 unspecified atom stereocenters. The third-order valence-corrected chi connectivity index (χ3v) is 6.30. The van der Waals surface area contributed by atoms with Crippen molar-refractivity contribution in [1.82, 2.24) is 15.3 Å². The smallest absolute Gasteiger partial charge is 0.149 e. The number of aromatic nitrogens is 2. The fourth-order valence-corrected chi connectivity index (χ4v) is 4.36. The minimum atomic E-state index is -0.623. The number of anilines is 3. The normalized spacial score (nSPS) is 16.0. The molecule has 1 fully saturated rings. The maximum atomic E-state index is 14.4. The molecule has 0 bridgehead atoms. The Hall–Kier alpha value is -2.97. The van der Waals surface area contributed by atoms with Crippen LogP contribution in [0.25, 0.3) is 11.1 Å². The largest absolute Gasteiger partial charge is 0.367 e. The van der Waals surface area contributed by atoms with Gasteiger partial charge in [-0.25, -0.2) is 18.7 Å². The highest BCUT2D eigenvalue weighted by Gasteiger charge is 2.22. The summed E-state index contributed by atoms with van der Waals surface area (Å²) in [5.41, 5.74) is 2.91. The van der Waals surface area contributed by atoms with E-state index < -0.39 is 11.6 Å². The van der Waals surface area contributed by atoms with Crippen LogP contribution in [-0.2, 0) is 6.54 Å². The van der Waals surface area contributed by atoms with Crippen LogP contribution in [0.1, 0.15) is 5.56 Å². The fraction of sp³-hybridized carbons (Fsp3) is 0.304. The molecule has 1 saturated heterocycles. The van der Waals surface area contributed by atoms with Gasteiger partial charge in [0.05, 0.1) is 10.7 Å². The molecule has 2 aliphatic heterocycles. The Balaban J connectivity index is 1.47. The highest BCUT2D eigenvalue weighted by atomic mass is 35.5. The summed E-state index contributed by atoms with van der Waals surface area (Å²) in [6.07, 6.45) is 3.63. The van der Waals surface area contributed by atoms with Crippen LogP contribution >= 0.6 is 11.6 Å². The van der Waals surface area contributed by atoms with Crippen molar-refractivity contribution in [1.29, 1.82) is 0 Å². The highest BCUT2D eigenvalue weighted by Crippen LogP contribution is 2.35. The maximum absolute atomic E-state index is 14.4. The Bertz CT molecular complexity index is 1140. The molecule has 9 heteroatoms. The molecular formula is C23H23ClF2N6. The number of halogens is 3. The van der Waals surface area contributed by atoms with E-state index in [9.17, 15) is 8.78 Å². The van der Waals surface area contributed by atoms with E-state index in [-0.39, 0.29) is 17.1 Å². The van der Waals surface area contributed by atoms with Gasteiger partial charge in [0.1, 0.15) is 23.3 Å². The fourth-order valence-electron chi connectivity index (χ4n) is 4.15. The zero-order valence-electron chi connectivity index (χ0n) is 17.4. The van der Waals surface area contributed by atoms with Crippen LogP contribution in [0.15, 0.2) is 42.7 Å². The number of hydrogen-bond acceptors (Lipinski definition) is 6. The van der Waals surface area contributed by atoms with Crippen LogP contribution in [0, 0.1) is 11.6 Å². The maximum Gasteiger partial charge on any atom is 0.149 e. The van der Waals surface area contributed by atoms with Crippen molar-refractivity contribution < 1.29 is 8.78 Å². The predicted octanol–water partition coefficient (Wildman–Crippen LogP) is 3.92. The summed E-state index contributed by atoms with van der Waals surface area (Å²) in [6.45, 7) is 5.12. The molecule has 3 aromatic rings. The van der Waals surface area contributed by atoms with Crippen LogP contribution in [0.3, 0.4) is 0 Å². The number of nitrogens with zero attached hydrogens (tertiary/aromatic N) is 4. The average molecular weight is 457 g/mol. The molecule has 166 valence electrons. The van der Waals surface area contributed by atoms with Crippen molar-refractivity contribution in [3.63, 3.8) is 0 Å². The monoisotopic (exact) mass is 456 g/mol.